The molecule has 19 heavy (non-hydrogen) atoms. The van der Waals surface area contributed by atoms with Gasteiger partial charge in [-0.05, 0) is 12.1 Å². The molecule has 0 amide bonds. The van der Waals surface area contributed by atoms with Gasteiger partial charge in [-0.1, -0.05) is 29.3 Å². The second kappa shape index (κ2) is 6.49. The Morgan fingerprint density at radius 3 is 2.37 bits per heavy atom. The van der Waals surface area contributed by atoms with Crippen molar-refractivity contribution in [2.75, 3.05) is 0 Å². The van der Waals surface area contributed by atoms with Gasteiger partial charge in [0, 0.05) is 11.6 Å². The summed E-state index contributed by atoms with van der Waals surface area (Å²) >= 11 is 11.6. The van der Waals surface area contributed by atoms with Crippen molar-refractivity contribution >= 4 is 33.3 Å². The molecule has 0 radical (unpaired) electrons. The molecule has 96 valence electrons. The van der Waals surface area contributed by atoms with Crippen molar-refractivity contribution in [1.29, 1.82) is 0 Å². The van der Waals surface area contributed by atoms with Crippen LogP contribution in [0.15, 0.2) is 35.6 Å². The zero-order chi connectivity index (χ0) is 13.3. The number of hydrogen-bond donors (Lipinski definition) is 1. The molecule has 0 atom stereocenters. The molecule has 0 aliphatic carbocycles. The van der Waals surface area contributed by atoms with Gasteiger partial charge in [0.15, 0.2) is 5.03 Å². The summed E-state index contributed by atoms with van der Waals surface area (Å²) in [6.45, 7) is 0. The minimum Gasteiger partial charge on any atom is -1.00 e. The average Bonchev–Trinajstić information content (AvgIpc) is 2.32. The van der Waals surface area contributed by atoms with Gasteiger partial charge in [0.2, 0.25) is 0 Å². The summed E-state index contributed by atoms with van der Waals surface area (Å²) in [4.78, 5) is 7.37. The molecule has 0 saturated carbocycles. The molecule has 5 nitrogen and oxygen atoms in total. The van der Waals surface area contributed by atoms with Crippen LogP contribution in [0, 0.1) is 0 Å². The van der Waals surface area contributed by atoms with Crippen LogP contribution in [-0.4, -0.2) is 22.9 Å². The summed E-state index contributed by atoms with van der Waals surface area (Å²) in [5.41, 5.74) is 0.882. The number of hydrogen-bond acceptors (Lipinski definition) is 4. The summed E-state index contributed by atoms with van der Waals surface area (Å²) in [5.74, 6) is 0. The van der Waals surface area contributed by atoms with E-state index in [2.05, 4.69) is 9.97 Å². The summed E-state index contributed by atoms with van der Waals surface area (Å²) in [5, 5.41) is 0.226. The molecule has 0 unspecified atom stereocenters. The van der Waals surface area contributed by atoms with Crippen LogP contribution in [-0.2, 0) is 10.1 Å². The number of aromatic nitrogens is 2. The Hall–Kier alpha value is -0.210. The van der Waals surface area contributed by atoms with E-state index in [1.165, 1.54) is 0 Å². The van der Waals surface area contributed by atoms with Crippen molar-refractivity contribution in [3.05, 3.63) is 40.6 Å². The van der Waals surface area contributed by atoms with Gasteiger partial charge in [-0.3, -0.25) is 4.55 Å². The van der Waals surface area contributed by atoms with Crippen molar-refractivity contribution in [1.82, 2.24) is 9.97 Å². The van der Waals surface area contributed by atoms with Crippen LogP contribution in [0.3, 0.4) is 0 Å². The molecule has 0 spiro atoms. The van der Waals surface area contributed by atoms with E-state index >= 15 is 0 Å². The Bertz CT molecular complexity index is 715. The number of halogens is 2. The second-order valence-electron chi connectivity index (χ2n) is 3.35. The molecule has 1 aromatic heterocycles. The average molecular weight is 329 g/mol. The van der Waals surface area contributed by atoms with Gasteiger partial charge in [0.1, 0.15) is 6.33 Å². The molecule has 0 saturated heterocycles. The van der Waals surface area contributed by atoms with Crippen LogP contribution in [0.1, 0.15) is 1.43 Å². The van der Waals surface area contributed by atoms with Gasteiger partial charge in [-0.2, -0.15) is 8.42 Å². The maximum Gasteiger partial charge on any atom is 1.00 e. The standard InChI is InChI=1S/C10H6Cl2N2O3S.Na.H/c11-7-2-1-6(3-8(7)12)9-4-10(14-5-13-9)18(15,16)17;;/h1-5H,(H,15,16,17);;/q;+1;-1. The van der Waals surface area contributed by atoms with Crippen LogP contribution >= 0.6 is 23.2 Å². The molecular formula is C10H7Cl2N2NaO3S. The molecule has 0 bridgehead atoms. The monoisotopic (exact) mass is 328 g/mol. The van der Waals surface area contributed by atoms with Gasteiger partial charge in [-0.15, -0.1) is 0 Å². The Labute approximate surface area is 143 Å². The molecule has 0 aliphatic rings. The third-order valence-corrected chi connectivity index (χ3v) is 3.61. The van der Waals surface area contributed by atoms with E-state index in [0.29, 0.717) is 21.3 Å². The Morgan fingerprint density at radius 2 is 1.79 bits per heavy atom. The van der Waals surface area contributed by atoms with Gasteiger partial charge in [-0.25, -0.2) is 9.97 Å². The minimum absolute atomic E-state index is 0. The fraction of sp³-hybridized carbons (Fsp3) is 0. The van der Waals surface area contributed by atoms with Crippen molar-refractivity contribution in [2.45, 2.75) is 5.03 Å². The molecule has 0 fully saturated rings. The Morgan fingerprint density at radius 1 is 1.11 bits per heavy atom. The maximum absolute atomic E-state index is 11.0. The van der Waals surface area contributed by atoms with Crippen LogP contribution in [0.25, 0.3) is 11.3 Å². The molecule has 1 aromatic carbocycles. The van der Waals surface area contributed by atoms with Crippen molar-refractivity contribution in [3.8, 4) is 11.3 Å². The third-order valence-electron chi connectivity index (χ3n) is 2.12. The second-order valence-corrected chi connectivity index (χ2v) is 5.53. The van der Waals surface area contributed by atoms with E-state index in [0.717, 1.165) is 12.4 Å². The minimum atomic E-state index is -4.36. The van der Waals surface area contributed by atoms with Crippen molar-refractivity contribution in [3.63, 3.8) is 0 Å². The van der Waals surface area contributed by atoms with Crippen LogP contribution < -0.4 is 29.6 Å². The Balaban J connectivity index is 0.00000180. The smallest absolute Gasteiger partial charge is 1.00 e. The van der Waals surface area contributed by atoms with E-state index in [-0.39, 0.29) is 31.0 Å². The quantitative estimate of drug-likeness (QED) is 0.469. The first kappa shape index (κ1) is 16.8. The van der Waals surface area contributed by atoms with Crippen LogP contribution in [0.4, 0.5) is 0 Å². The first-order chi connectivity index (χ1) is 8.38. The molecule has 0 aliphatic heterocycles. The van der Waals surface area contributed by atoms with Crippen LogP contribution in [0.2, 0.25) is 10.0 Å². The molecule has 2 rings (SSSR count). The predicted octanol–water partition coefficient (Wildman–Crippen LogP) is -0.186. The number of rotatable bonds is 2. The normalized spacial score (nSPS) is 10.9. The Kier molecular flexibility index (Phi) is 5.76. The summed E-state index contributed by atoms with van der Waals surface area (Å²) in [6.07, 6.45) is 1.04. The van der Waals surface area contributed by atoms with Crippen molar-refractivity contribution in [2.24, 2.45) is 0 Å². The van der Waals surface area contributed by atoms with Gasteiger partial charge in [0.25, 0.3) is 0 Å². The summed E-state index contributed by atoms with van der Waals surface area (Å²) in [6, 6.07) is 5.88. The fourth-order valence-electron chi connectivity index (χ4n) is 1.29. The van der Waals surface area contributed by atoms with E-state index in [4.69, 9.17) is 27.8 Å². The summed E-state index contributed by atoms with van der Waals surface area (Å²) in [7, 11) is -4.36. The maximum atomic E-state index is 11.0. The van der Waals surface area contributed by atoms with Crippen LogP contribution in [0.5, 0.6) is 0 Å². The molecular weight excluding hydrogens is 322 g/mol. The van der Waals surface area contributed by atoms with E-state index in [1.54, 1.807) is 18.2 Å². The van der Waals surface area contributed by atoms with Gasteiger partial charge >= 0.3 is 39.7 Å². The molecule has 1 N–H and O–H groups in total. The topological polar surface area (TPSA) is 80.2 Å². The first-order valence-electron chi connectivity index (χ1n) is 4.63. The third kappa shape index (κ3) is 4.13. The fourth-order valence-corrected chi connectivity index (χ4v) is 2.03. The zero-order valence-electron chi connectivity index (χ0n) is 10.7. The molecule has 2 aromatic rings. The predicted molar refractivity (Wildman–Crippen MR) is 68.4 cm³/mol. The van der Waals surface area contributed by atoms with Crippen molar-refractivity contribution < 1.29 is 44.0 Å². The van der Waals surface area contributed by atoms with Gasteiger partial charge in [0.05, 0.1) is 15.7 Å². The first-order valence-corrected chi connectivity index (χ1v) is 6.82. The van der Waals surface area contributed by atoms with E-state index < -0.39 is 15.1 Å². The largest absolute Gasteiger partial charge is 1.00 e. The molecule has 9 heteroatoms. The number of nitrogens with zero attached hydrogens (tertiary/aromatic N) is 2. The number of benzene rings is 1. The van der Waals surface area contributed by atoms with E-state index in [9.17, 15) is 8.42 Å². The zero-order valence-corrected chi connectivity index (χ0v) is 14.0. The van der Waals surface area contributed by atoms with Gasteiger partial charge < -0.3 is 1.43 Å². The SMILES string of the molecule is O=S(=O)(O)c1cc(-c2ccc(Cl)c(Cl)c2)ncn1.[H-].[Na+]. The van der Waals surface area contributed by atoms with E-state index in [1.807, 2.05) is 0 Å². The molecule has 1 heterocycles. The summed E-state index contributed by atoms with van der Waals surface area (Å²) < 4.78 is 30.8.